The number of fused-ring (bicyclic) bond motifs is 2. The minimum absolute atomic E-state index is 0.362. The molecule has 0 amide bonds. The van der Waals surface area contributed by atoms with Gasteiger partial charge in [0.15, 0.2) is 0 Å². The van der Waals surface area contributed by atoms with Crippen molar-refractivity contribution in [2.45, 2.75) is 65.5 Å². The minimum atomic E-state index is 0.362. The van der Waals surface area contributed by atoms with Crippen molar-refractivity contribution in [1.29, 1.82) is 0 Å². The average Bonchev–Trinajstić information content (AvgIpc) is 2.43. The lowest BCUT2D eigenvalue weighted by Crippen LogP contribution is -2.48. The number of piperidine rings is 1. The highest BCUT2D eigenvalue weighted by Crippen LogP contribution is 2.38. The predicted octanol–water partition coefficient (Wildman–Crippen LogP) is 2.86. The molecular weight excluding hydrogens is 198 g/mol. The second-order valence-electron chi connectivity index (χ2n) is 6.65. The van der Waals surface area contributed by atoms with Crippen LogP contribution in [0.15, 0.2) is 0 Å². The largest absolute Gasteiger partial charge is 0.300 e. The number of Topliss-reactive ketones (excluding diaryl/α,β-unsaturated/α-hetero) is 1. The average molecular weight is 223 g/mol. The Bertz CT molecular complexity index is 266. The van der Waals surface area contributed by atoms with Crippen LogP contribution < -0.4 is 0 Å². The third kappa shape index (κ3) is 2.17. The summed E-state index contributed by atoms with van der Waals surface area (Å²) >= 11 is 0. The van der Waals surface area contributed by atoms with Crippen LogP contribution in [-0.4, -0.2) is 29.3 Å². The van der Waals surface area contributed by atoms with E-state index in [2.05, 4.69) is 32.6 Å². The van der Waals surface area contributed by atoms with E-state index >= 15 is 0 Å². The molecule has 0 aromatic rings. The summed E-state index contributed by atoms with van der Waals surface area (Å²) in [6.45, 7) is 10.5. The van der Waals surface area contributed by atoms with Crippen LogP contribution in [0.1, 0.15) is 53.4 Å². The first-order chi connectivity index (χ1) is 7.40. The summed E-state index contributed by atoms with van der Waals surface area (Å²) in [6, 6.07) is 1.12. The van der Waals surface area contributed by atoms with E-state index in [1.54, 1.807) is 0 Å². The van der Waals surface area contributed by atoms with E-state index in [0.717, 1.165) is 19.4 Å². The SMILES string of the molecule is CC(C)C(C)(C)CN1C2CCC1CC(=O)C2. The van der Waals surface area contributed by atoms with Gasteiger partial charge in [0, 0.05) is 31.5 Å². The van der Waals surface area contributed by atoms with E-state index in [0.29, 0.717) is 29.2 Å². The molecule has 92 valence electrons. The lowest BCUT2D eigenvalue weighted by molar-refractivity contribution is -0.124. The summed E-state index contributed by atoms with van der Waals surface area (Å²) in [4.78, 5) is 14.2. The zero-order chi connectivity index (χ0) is 11.9. The number of carbonyl (C=O) groups excluding carboxylic acids is 1. The Morgan fingerprint density at radius 1 is 1.25 bits per heavy atom. The van der Waals surface area contributed by atoms with Crippen LogP contribution in [0.25, 0.3) is 0 Å². The molecule has 0 radical (unpaired) electrons. The summed E-state index contributed by atoms with van der Waals surface area (Å²) in [7, 11) is 0. The van der Waals surface area contributed by atoms with Crippen LogP contribution in [0, 0.1) is 11.3 Å². The fourth-order valence-electron chi connectivity index (χ4n) is 2.97. The van der Waals surface area contributed by atoms with Crippen LogP contribution in [0.4, 0.5) is 0 Å². The van der Waals surface area contributed by atoms with Gasteiger partial charge in [-0.1, -0.05) is 27.7 Å². The Labute approximate surface area is 99.4 Å². The zero-order valence-corrected chi connectivity index (χ0v) is 11.1. The number of rotatable bonds is 3. The van der Waals surface area contributed by atoms with Crippen molar-refractivity contribution < 1.29 is 4.79 Å². The van der Waals surface area contributed by atoms with Crippen LogP contribution in [0.3, 0.4) is 0 Å². The smallest absolute Gasteiger partial charge is 0.136 e. The highest BCUT2D eigenvalue weighted by Gasteiger charge is 2.42. The molecule has 2 rings (SSSR count). The number of hydrogen-bond acceptors (Lipinski definition) is 2. The molecule has 2 fully saturated rings. The van der Waals surface area contributed by atoms with Crippen LogP contribution in [0.2, 0.25) is 0 Å². The first kappa shape index (κ1) is 12.1. The Morgan fingerprint density at radius 2 is 1.75 bits per heavy atom. The van der Waals surface area contributed by atoms with Crippen LogP contribution in [0.5, 0.6) is 0 Å². The number of hydrogen-bond donors (Lipinski definition) is 0. The van der Waals surface area contributed by atoms with Gasteiger partial charge in [-0.2, -0.15) is 0 Å². The third-order valence-electron chi connectivity index (χ3n) is 4.85. The maximum Gasteiger partial charge on any atom is 0.136 e. The molecule has 0 spiro atoms. The topological polar surface area (TPSA) is 20.3 Å². The van der Waals surface area contributed by atoms with Crippen LogP contribution in [-0.2, 0) is 4.79 Å². The van der Waals surface area contributed by atoms with E-state index in [-0.39, 0.29) is 0 Å². The fraction of sp³-hybridized carbons (Fsp3) is 0.929. The van der Waals surface area contributed by atoms with Crippen molar-refractivity contribution >= 4 is 5.78 Å². The van der Waals surface area contributed by atoms with Crippen molar-refractivity contribution in [2.75, 3.05) is 6.54 Å². The fourth-order valence-corrected chi connectivity index (χ4v) is 2.97. The molecule has 2 heterocycles. The molecule has 2 atom stereocenters. The minimum Gasteiger partial charge on any atom is -0.300 e. The van der Waals surface area contributed by atoms with Gasteiger partial charge in [0.2, 0.25) is 0 Å². The van der Waals surface area contributed by atoms with Crippen LogP contribution >= 0.6 is 0 Å². The van der Waals surface area contributed by atoms with Gasteiger partial charge in [0.05, 0.1) is 0 Å². The summed E-state index contributed by atoms with van der Waals surface area (Å²) < 4.78 is 0. The second-order valence-corrected chi connectivity index (χ2v) is 6.65. The molecule has 2 heteroatoms. The van der Waals surface area contributed by atoms with Gasteiger partial charge in [-0.3, -0.25) is 9.69 Å². The molecule has 0 aromatic heterocycles. The Hall–Kier alpha value is -0.370. The molecule has 0 aromatic carbocycles. The first-order valence-electron chi connectivity index (χ1n) is 6.67. The molecular formula is C14H25NO. The van der Waals surface area contributed by atoms with E-state index in [1.165, 1.54) is 12.8 Å². The van der Waals surface area contributed by atoms with Gasteiger partial charge < -0.3 is 0 Å². The van der Waals surface area contributed by atoms with Crippen molar-refractivity contribution in [1.82, 2.24) is 4.90 Å². The van der Waals surface area contributed by atoms with Crippen molar-refractivity contribution in [3.63, 3.8) is 0 Å². The molecule has 2 unspecified atom stereocenters. The highest BCUT2D eigenvalue weighted by molar-refractivity contribution is 5.80. The molecule has 2 aliphatic rings. The maximum absolute atomic E-state index is 11.5. The number of ketones is 1. The summed E-state index contributed by atoms with van der Waals surface area (Å²) in [5, 5.41) is 0. The predicted molar refractivity (Wildman–Crippen MR) is 66.4 cm³/mol. The monoisotopic (exact) mass is 223 g/mol. The summed E-state index contributed by atoms with van der Waals surface area (Å²) in [6.07, 6.45) is 4.10. The molecule has 16 heavy (non-hydrogen) atoms. The van der Waals surface area contributed by atoms with Gasteiger partial charge in [0.25, 0.3) is 0 Å². The van der Waals surface area contributed by atoms with E-state index in [1.807, 2.05) is 0 Å². The quantitative estimate of drug-likeness (QED) is 0.733. The zero-order valence-electron chi connectivity index (χ0n) is 11.1. The Balaban J connectivity index is 2.04. The Morgan fingerprint density at radius 3 is 2.19 bits per heavy atom. The molecule has 2 nitrogen and oxygen atoms in total. The normalized spacial score (nSPS) is 31.4. The first-order valence-corrected chi connectivity index (χ1v) is 6.67. The van der Waals surface area contributed by atoms with Crippen molar-refractivity contribution in [3.8, 4) is 0 Å². The number of carbonyl (C=O) groups is 1. The molecule has 0 N–H and O–H groups in total. The van der Waals surface area contributed by atoms with E-state index in [9.17, 15) is 4.79 Å². The molecule has 0 aliphatic carbocycles. The lowest BCUT2D eigenvalue weighted by atomic mass is 9.80. The second kappa shape index (κ2) is 4.14. The van der Waals surface area contributed by atoms with Gasteiger partial charge in [-0.05, 0) is 24.2 Å². The molecule has 0 saturated carbocycles. The highest BCUT2D eigenvalue weighted by atomic mass is 16.1. The van der Waals surface area contributed by atoms with Crippen molar-refractivity contribution in [3.05, 3.63) is 0 Å². The summed E-state index contributed by atoms with van der Waals surface area (Å²) in [5.41, 5.74) is 0.362. The molecule has 2 bridgehead atoms. The number of nitrogens with zero attached hydrogens (tertiary/aromatic N) is 1. The molecule has 2 aliphatic heterocycles. The van der Waals surface area contributed by atoms with Gasteiger partial charge in [-0.15, -0.1) is 0 Å². The Kier molecular flexibility index (Phi) is 3.13. The van der Waals surface area contributed by atoms with Gasteiger partial charge >= 0.3 is 0 Å². The molecule has 2 saturated heterocycles. The summed E-state index contributed by atoms with van der Waals surface area (Å²) in [5.74, 6) is 1.19. The maximum atomic E-state index is 11.5. The lowest BCUT2D eigenvalue weighted by Gasteiger charge is -2.41. The van der Waals surface area contributed by atoms with Gasteiger partial charge in [0.1, 0.15) is 5.78 Å². The van der Waals surface area contributed by atoms with E-state index < -0.39 is 0 Å². The standard InChI is InChI=1S/C14H25NO/c1-10(2)14(3,4)9-15-11-5-6-12(15)8-13(16)7-11/h10-12H,5-9H2,1-4H3. The van der Waals surface area contributed by atoms with Gasteiger partial charge in [-0.25, -0.2) is 0 Å². The van der Waals surface area contributed by atoms with E-state index in [4.69, 9.17) is 0 Å². The van der Waals surface area contributed by atoms with Crippen molar-refractivity contribution in [2.24, 2.45) is 11.3 Å². The third-order valence-corrected chi connectivity index (χ3v) is 4.85.